The van der Waals surface area contributed by atoms with E-state index < -0.39 is 0 Å². The molecule has 0 aromatic carbocycles. The largest absolute Gasteiger partial charge is 0.359 e. The Hall–Kier alpha value is -0.940. The average molecular weight is 265 g/mol. The van der Waals surface area contributed by atoms with Crippen LogP contribution in [0.1, 0.15) is 37.6 Å². The Kier molecular flexibility index (Phi) is 2.88. The van der Waals surface area contributed by atoms with Crippen LogP contribution in [0.2, 0.25) is 0 Å². The molecule has 0 saturated heterocycles. The lowest BCUT2D eigenvalue weighted by molar-refractivity contribution is 0.897. The summed E-state index contributed by atoms with van der Waals surface area (Å²) in [6, 6.07) is 0.428. The maximum absolute atomic E-state index is 4.59. The molecule has 0 amide bonds. The molecular weight excluding hydrogens is 250 g/mol. The lowest BCUT2D eigenvalue weighted by Gasteiger charge is -2.04. The van der Waals surface area contributed by atoms with Crippen molar-refractivity contribution in [2.45, 2.75) is 38.6 Å². The van der Waals surface area contributed by atoms with Gasteiger partial charge in [0.2, 0.25) is 0 Å². The fourth-order valence-corrected chi connectivity index (χ4v) is 3.61. The summed E-state index contributed by atoms with van der Waals surface area (Å²) < 4.78 is 0. The zero-order valence-corrected chi connectivity index (χ0v) is 11.6. The molecule has 3 nitrogen and oxygen atoms in total. The highest BCUT2D eigenvalue weighted by Crippen LogP contribution is 2.43. The third kappa shape index (κ3) is 2.50. The summed E-state index contributed by atoms with van der Waals surface area (Å²) in [5.41, 5.74) is 1.06. The van der Waals surface area contributed by atoms with E-state index >= 15 is 0 Å². The van der Waals surface area contributed by atoms with Crippen molar-refractivity contribution < 1.29 is 0 Å². The van der Waals surface area contributed by atoms with Gasteiger partial charge in [0.15, 0.2) is 5.13 Å². The molecule has 1 fully saturated rings. The quantitative estimate of drug-likeness (QED) is 0.909. The van der Waals surface area contributed by atoms with Gasteiger partial charge in [0.05, 0.1) is 15.6 Å². The van der Waals surface area contributed by atoms with Gasteiger partial charge in [-0.2, -0.15) is 0 Å². The number of rotatable bonds is 4. The molecule has 2 aromatic heterocycles. The zero-order valence-electron chi connectivity index (χ0n) is 9.93. The van der Waals surface area contributed by atoms with Crippen molar-refractivity contribution in [2.75, 3.05) is 5.32 Å². The Bertz CT molecular complexity index is 511. The summed E-state index contributed by atoms with van der Waals surface area (Å²) in [5.74, 6) is 0.737. The number of nitrogens with zero attached hydrogens (tertiary/aromatic N) is 2. The smallest absolute Gasteiger partial charge is 0.183 e. The van der Waals surface area contributed by atoms with Gasteiger partial charge < -0.3 is 5.32 Å². The van der Waals surface area contributed by atoms with E-state index in [2.05, 4.69) is 34.5 Å². The van der Waals surface area contributed by atoms with Crippen LogP contribution < -0.4 is 5.32 Å². The second-order valence-corrected chi connectivity index (χ2v) is 6.59. The molecule has 17 heavy (non-hydrogen) atoms. The molecule has 1 aliphatic carbocycles. The summed E-state index contributed by atoms with van der Waals surface area (Å²) in [7, 11) is 0. The van der Waals surface area contributed by atoms with E-state index in [1.807, 2.05) is 6.20 Å². The first-order chi connectivity index (χ1) is 8.22. The van der Waals surface area contributed by atoms with Crippen LogP contribution in [0.4, 0.5) is 5.13 Å². The number of nitrogens with one attached hydrogen (secondary N) is 1. The van der Waals surface area contributed by atoms with Crippen LogP contribution in [0, 0.1) is 0 Å². The summed E-state index contributed by atoms with van der Waals surface area (Å²) in [4.78, 5) is 10.3. The highest BCUT2D eigenvalue weighted by atomic mass is 32.1. The van der Waals surface area contributed by atoms with Crippen LogP contribution in [0.3, 0.4) is 0 Å². The van der Waals surface area contributed by atoms with Crippen molar-refractivity contribution in [3.63, 3.8) is 0 Å². The first-order valence-electron chi connectivity index (χ1n) is 5.90. The van der Waals surface area contributed by atoms with E-state index in [1.54, 1.807) is 22.7 Å². The molecule has 0 atom stereocenters. The number of anilines is 1. The minimum Gasteiger partial charge on any atom is -0.359 e. The second-order valence-electron chi connectivity index (χ2n) is 4.67. The second kappa shape index (κ2) is 4.38. The van der Waals surface area contributed by atoms with Gasteiger partial charge in [0, 0.05) is 23.5 Å². The number of thiazole rings is 2. The molecular formula is C12H15N3S2. The lowest BCUT2D eigenvalue weighted by Crippen LogP contribution is -2.08. The first kappa shape index (κ1) is 11.2. The van der Waals surface area contributed by atoms with Gasteiger partial charge in [-0.3, -0.25) is 0 Å². The topological polar surface area (TPSA) is 37.8 Å². The van der Waals surface area contributed by atoms with Gasteiger partial charge in [-0.15, -0.1) is 22.7 Å². The van der Waals surface area contributed by atoms with E-state index in [1.165, 1.54) is 22.7 Å². The fraction of sp³-hybridized carbons (Fsp3) is 0.500. The first-order valence-corrected chi connectivity index (χ1v) is 7.60. The molecule has 90 valence electrons. The standard InChI is InChI=1S/C12H15N3S2/c1-7(2)14-12-15-9(6-16-12)10-5-13-11(17-10)8-3-4-8/h5-8H,3-4H2,1-2H3,(H,14,15). The maximum atomic E-state index is 4.59. The molecule has 1 aliphatic rings. The third-order valence-electron chi connectivity index (χ3n) is 2.62. The Morgan fingerprint density at radius 3 is 2.94 bits per heavy atom. The van der Waals surface area contributed by atoms with Crippen LogP contribution in [0.15, 0.2) is 11.6 Å². The summed E-state index contributed by atoms with van der Waals surface area (Å²) in [5, 5.41) is 7.71. The lowest BCUT2D eigenvalue weighted by atomic mass is 10.4. The molecule has 2 heterocycles. The van der Waals surface area contributed by atoms with Crippen molar-refractivity contribution in [1.29, 1.82) is 0 Å². The Morgan fingerprint density at radius 1 is 1.41 bits per heavy atom. The fourth-order valence-electron chi connectivity index (χ4n) is 1.63. The van der Waals surface area contributed by atoms with Crippen LogP contribution in [0.25, 0.3) is 10.6 Å². The molecule has 0 radical (unpaired) electrons. The van der Waals surface area contributed by atoms with Crippen LogP contribution in [-0.2, 0) is 0 Å². The van der Waals surface area contributed by atoms with Gasteiger partial charge in [-0.25, -0.2) is 9.97 Å². The molecule has 1 saturated carbocycles. The van der Waals surface area contributed by atoms with Crippen molar-refractivity contribution in [1.82, 2.24) is 9.97 Å². The Morgan fingerprint density at radius 2 is 2.24 bits per heavy atom. The Labute approximate surface area is 109 Å². The van der Waals surface area contributed by atoms with Crippen molar-refractivity contribution in [2.24, 2.45) is 0 Å². The monoisotopic (exact) mass is 265 g/mol. The number of hydrogen-bond acceptors (Lipinski definition) is 5. The SMILES string of the molecule is CC(C)Nc1nc(-c2cnc(C3CC3)s2)cs1. The molecule has 2 aromatic rings. The van der Waals surface area contributed by atoms with Gasteiger partial charge in [0.1, 0.15) is 0 Å². The minimum absolute atomic E-state index is 0.428. The predicted molar refractivity (Wildman–Crippen MR) is 74.0 cm³/mol. The normalized spacial score (nSPS) is 15.5. The molecule has 0 aliphatic heterocycles. The van der Waals surface area contributed by atoms with Crippen molar-refractivity contribution in [3.05, 3.63) is 16.6 Å². The Balaban J connectivity index is 1.79. The third-order valence-corrected chi connectivity index (χ3v) is 4.57. The molecule has 0 unspecified atom stereocenters. The van der Waals surface area contributed by atoms with E-state index in [4.69, 9.17) is 0 Å². The van der Waals surface area contributed by atoms with Crippen LogP contribution in [0.5, 0.6) is 0 Å². The van der Waals surface area contributed by atoms with E-state index in [9.17, 15) is 0 Å². The molecule has 0 spiro atoms. The van der Waals surface area contributed by atoms with E-state index in [0.29, 0.717) is 6.04 Å². The molecule has 5 heteroatoms. The zero-order chi connectivity index (χ0) is 11.8. The predicted octanol–water partition coefficient (Wildman–Crippen LogP) is 3.96. The molecule has 1 N–H and O–H groups in total. The van der Waals surface area contributed by atoms with Gasteiger partial charge in [-0.1, -0.05) is 0 Å². The highest BCUT2D eigenvalue weighted by molar-refractivity contribution is 7.16. The highest BCUT2D eigenvalue weighted by Gasteiger charge is 2.27. The van der Waals surface area contributed by atoms with Crippen molar-refractivity contribution >= 4 is 27.8 Å². The van der Waals surface area contributed by atoms with Gasteiger partial charge >= 0.3 is 0 Å². The summed E-state index contributed by atoms with van der Waals surface area (Å²) >= 11 is 3.46. The summed E-state index contributed by atoms with van der Waals surface area (Å²) in [6.45, 7) is 4.25. The number of hydrogen-bond donors (Lipinski definition) is 1. The molecule has 3 rings (SSSR count). The van der Waals surface area contributed by atoms with Gasteiger partial charge in [-0.05, 0) is 26.7 Å². The van der Waals surface area contributed by atoms with E-state index in [0.717, 1.165) is 16.7 Å². The van der Waals surface area contributed by atoms with Crippen LogP contribution >= 0.6 is 22.7 Å². The van der Waals surface area contributed by atoms with Crippen molar-refractivity contribution in [3.8, 4) is 10.6 Å². The molecule has 0 bridgehead atoms. The summed E-state index contributed by atoms with van der Waals surface area (Å²) in [6.07, 6.45) is 4.58. The van der Waals surface area contributed by atoms with E-state index in [-0.39, 0.29) is 0 Å². The minimum atomic E-state index is 0.428. The van der Waals surface area contributed by atoms with Gasteiger partial charge in [0.25, 0.3) is 0 Å². The average Bonchev–Trinajstić information content (AvgIpc) is 2.84. The maximum Gasteiger partial charge on any atom is 0.183 e. The van der Waals surface area contributed by atoms with Crippen LogP contribution in [-0.4, -0.2) is 16.0 Å². The number of aromatic nitrogens is 2.